The maximum absolute atomic E-state index is 11.4. The number of nitrogens with two attached hydrogens (primary N) is 2. The van der Waals surface area contributed by atoms with Gasteiger partial charge in [0.25, 0.3) is 0 Å². The number of hydrogen-bond acceptors (Lipinski definition) is 8. The number of benzene rings is 2. The molecule has 0 amide bonds. The van der Waals surface area contributed by atoms with Gasteiger partial charge in [-0.05, 0) is 36.1 Å². The minimum Gasteiger partial charge on any atom is -0.336 e. The molecule has 0 unspecified atom stereocenters. The van der Waals surface area contributed by atoms with Crippen LogP contribution in [0.5, 0.6) is 0 Å². The van der Waals surface area contributed by atoms with Crippen molar-refractivity contribution >= 4 is 27.6 Å². The topological polar surface area (TPSA) is 140 Å². The van der Waals surface area contributed by atoms with Gasteiger partial charge in [0.05, 0.1) is 17.8 Å². The molecule has 0 bridgehead atoms. The smallest absolute Gasteiger partial charge is 0.231 e. The third-order valence-electron chi connectivity index (χ3n) is 5.27. The molecular formula is C21H25N7O2S. The zero-order chi connectivity index (χ0) is 21.8. The first-order chi connectivity index (χ1) is 14.9. The quantitative estimate of drug-likeness (QED) is 0.508. The summed E-state index contributed by atoms with van der Waals surface area (Å²) in [5.74, 6) is 0.696. The van der Waals surface area contributed by atoms with Gasteiger partial charge in [0.1, 0.15) is 6.33 Å². The van der Waals surface area contributed by atoms with Gasteiger partial charge in [-0.2, -0.15) is 4.98 Å². The summed E-state index contributed by atoms with van der Waals surface area (Å²) >= 11 is 0. The van der Waals surface area contributed by atoms with Crippen molar-refractivity contribution < 1.29 is 8.42 Å². The molecule has 0 spiro atoms. The maximum Gasteiger partial charge on any atom is 0.231 e. The van der Waals surface area contributed by atoms with Crippen molar-refractivity contribution in [3.63, 3.8) is 0 Å². The van der Waals surface area contributed by atoms with Gasteiger partial charge in [0.2, 0.25) is 21.9 Å². The predicted molar refractivity (Wildman–Crippen MR) is 120 cm³/mol. The standard InChI is InChI=1S/C21H25N7O2S/c22-19(16-7-2-1-3-8-16)18-10-5-11-28(18)21-25-14-24-20(27-21)26-17-9-4-6-15(12-17)13-31(23,29)30/h1-4,6-9,12,14,18-19H,5,10-11,13,22H2,(H2,23,29,30)(H,24,25,26,27)/t18-,19-/m1/s1. The van der Waals surface area contributed by atoms with Crippen LogP contribution in [0.25, 0.3) is 0 Å². The summed E-state index contributed by atoms with van der Waals surface area (Å²) in [7, 11) is -3.61. The van der Waals surface area contributed by atoms with E-state index in [4.69, 9.17) is 10.9 Å². The largest absolute Gasteiger partial charge is 0.336 e. The van der Waals surface area contributed by atoms with E-state index >= 15 is 0 Å². The Labute approximate surface area is 181 Å². The van der Waals surface area contributed by atoms with Crippen LogP contribution < -0.4 is 21.1 Å². The lowest BCUT2D eigenvalue weighted by Crippen LogP contribution is -2.39. The van der Waals surface area contributed by atoms with Crippen LogP contribution in [-0.2, 0) is 15.8 Å². The third kappa shape index (κ3) is 5.35. The molecule has 162 valence electrons. The molecule has 1 saturated heterocycles. The fourth-order valence-electron chi connectivity index (χ4n) is 3.90. The molecule has 2 atom stereocenters. The van der Waals surface area contributed by atoms with E-state index in [-0.39, 0.29) is 17.8 Å². The molecular weight excluding hydrogens is 414 g/mol. The third-order valence-corrected chi connectivity index (χ3v) is 6.00. The summed E-state index contributed by atoms with van der Waals surface area (Å²) in [5, 5.41) is 8.26. The molecule has 0 aliphatic carbocycles. The van der Waals surface area contributed by atoms with Gasteiger partial charge in [-0.3, -0.25) is 0 Å². The van der Waals surface area contributed by atoms with E-state index in [1.165, 1.54) is 6.33 Å². The Morgan fingerprint density at radius 3 is 2.71 bits per heavy atom. The van der Waals surface area contributed by atoms with E-state index < -0.39 is 10.0 Å². The van der Waals surface area contributed by atoms with Crippen LogP contribution in [0.1, 0.15) is 30.0 Å². The second-order valence-electron chi connectivity index (χ2n) is 7.58. The maximum atomic E-state index is 11.4. The minimum absolute atomic E-state index is 0.0933. The van der Waals surface area contributed by atoms with Crippen LogP contribution in [0.2, 0.25) is 0 Å². The Balaban J connectivity index is 1.52. The van der Waals surface area contributed by atoms with E-state index in [0.29, 0.717) is 23.1 Å². The van der Waals surface area contributed by atoms with Crippen LogP contribution in [0.15, 0.2) is 60.9 Å². The fraction of sp³-hybridized carbons (Fsp3) is 0.286. The first-order valence-electron chi connectivity index (χ1n) is 10.0. The average molecular weight is 440 g/mol. The molecule has 3 aromatic rings. The van der Waals surface area contributed by atoms with E-state index in [1.54, 1.807) is 24.3 Å². The molecule has 1 fully saturated rings. The van der Waals surface area contributed by atoms with Gasteiger partial charge in [-0.15, -0.1) is 0 Å². The Bertz CT molecular complexity index is 1140. The molecule has 2 heterocycles. The Hall–Kier alpha value is -3.08. The van der Waals surface area contributed by atoms with Crippen molar-refractivity contribution in [1.29, 1.82) is 0 Å². The fourth-order valence-corrected chi connectivity index (χ4v) is 4.54. The Kier molecular flexibility index (Phi) is 6.12. The normalized spacial score (nSPS) is 17.5. The van der Waals surface area contributed by atoms with Crippen molar-refractivity contribution in [2.45, 2.75) is 30.7 Å². The summed E-state index contributed by atoms with van der Waals surface area (Å²) in [5.41, 5.74) is 8.89. The number of nitrogens with one attached hydrogen (secondary N) is 1. The molecule has 4 rings (SSSR count). The van der Waals surface area contributed by atoms with Crippen LogP contribution in [0, 0.1) is 0 Å². The van der Waals surface area contributed by atoms with Gasteiger partial charge >= 0.3 is 0 Å². The molecule has 0 radical (unpaired) electrons. The molecule has 1 aromatic heterocycles. The van der Waals surface area contributed by atoms with Gasteiger partial charge in [-0.1, -0.05) is 42.5 Å². The number of nitrogens with zero attached hydrogens (tertiary/aromatic N) is 4. The molecule has 9 nitrogen and oxygen atoms in total. The van der Waals surface area contributed by atoms with E-state index in [1.807, 2.05) is 30.3 Å². The molecule has 10 heteroatoms. The number of anilines is 3. The zero-order valence-electron chi connectivity index (χ0n) is 16.9. The second kappa shape index (κ2) is 8.96. The first kappa shape index (κ1) is 21.2. The summed E-state index contributed by atoms with van der Waals surface area (Å²) in [6, 6.07) is 16.9. The zero-order valence-corrected chi connectivity index (χ0v) is 17.7. The van der Waals surface area contributed by atoms with Crippen molar-refractivity contribution in [1.82, 2.24) is 15.0 Å². The average Bonchev–Trinajstić information content (AvgIpc) is 3.23. The number of sulfonamides is 1. The summed E-state index contributed by atoms with van der Waals surface area (Å²) in [4.78, 5) is 15.3. The van der Waals surface area contributed by atoms with E-state index in [0.717, 1.165) is 24.9 Å². The van der Waals surface area contributed by atoms with Crippen molar-refractivity contribution in [2.75, 3.05) is 16.8 Å². The number of hydrogen-bond donors (Lipinski definition) is 3. The van der Waals surface area contributed by atoms with Gasteiger partial charge < -0.3 is 16.0 Å². The number of aromatic nitrogens is 3. The van der Waals surface area contributed by atoms with Crippen LogP contribution in [0.4, 0.5) is 17.6 Å². The second-order valence-corrected chi connectivity index (χ2v) is 9.20. The molecule has 0 saturated carbocycles. The molecule has 1 aliphatic rings. The monoisotopic (exact) mass is 439 g/mol. The van der Waals surface area contributed by atoms with Crippen LogP contribution in [0.3, 0.4) is 0 Å². The van der Waals surface area contributed by atoms with Crippen LogP contribution >= 0.6 is 0 Å². The summed E-state index contributed by atoms with van der Waals surface area (Å²) in [6.07, 6.45) is 3.43. The van der Waals surface area contributed by atoms with Crippen molar-refractivity contribution in [3.05, 3.63) is 72.1 Å². The lowest BCUT2D eigenvalue weighted by molar-refractivity contribution is 0.538. The SMILES string of the molecule is N[C@H](c1ccccc1)[C@H]1CCCN1c1ncnc(Nc2cccc(CS(N)(=O)=O)c2)n1. The van der Waals surface area contributed by atoms with Crippen molar-refractivity contribution in [2.24, 2.45) is 10.9 Å². The van der Waals surface area contributed by atoms with E-state index in [9.17, 15) is 8.42 Å². The minimum atomic E-state index is -3.61. The van der Waals surface area contributed by atoms with Gasteiger partial charge in [0, 0.05) is 12.2 Å². The lowest BCUT2D eigenvalue weighted by atomic mass is 9.98. The van der Waals surface area contributed by atoms with Crippen molar-refractivity contribution in [3.8, 4) is 0 Å². The highest BCUT2D eigenvalue weighted by atomic mass is 32.2. The number of rotatable bonds is 7. The molecule has 1 aliphatic heterocycles. The Morgan fingerprint density at radius 1 is 1.13 bits per heavy atom. The molecule has 2 aromatic carbocycles. The van der Waals surface area contributed by atoms with Gasteiger partial charge in [-0.25, -0.2) is 23.5 Å². The molecule has 31 heavy (non-hydrogen) atoms. The van der Waals surface area contributed by atoms with Crippen LogP contribution in [-0.4, -0.2) is 36.0 Å². The Morgan fingerprint density at radius 2 is 1.94 bits per heavy atom. The summed E-state index contributed by atoms with van der Waals surface area (Å²) in [6.45, 7) is 0.818. The first-order valence-corrected chi connectivity index (χ1v) is 11.7. The van der Waals surface area contributed by atoms with Gasteiger partial charge in [0.15, 0.2) is 0 Å². The predicted octanol–water partition coefficient (Wildman–Crippen LogP) is 2.07. The van der Waals surface area contributed by atoms with E-state index in [2.05, 4.69) is 25.2 Å². The molecule has 5 N–H and O–H groups in total. The number of primary sulfonamides is 1. The highest BCUT2D eigenvalue weighted by Crippen LogP contribution is 2.30. The summed E-state index contributed by atoms with van der Waals surface area (Å²) < 4.78 is 22.7. The highest BCUT2D eigenvalue weighted by Gasteiger charge is 2.32. The lowest BCUT2D eigenvalue weighted by Gasteiger charge is -2.29. The highest BCUT2D eigenvalue weighted by molar-refractivity contribution is 7.88.